The lowest BCUT2D eigenvalue weighted by Gasteiger charge is -2.11. The Hall–Kier alpha value is -3.00. The van der Waals surface area contributed by atoms with Gasteiger partial charge >= 0.3 is 12.1 Å². The Bertz CT molecular complexity index is 1050. The predicted molar refractivity (Wildman–Crippen MR) is 103 cm³/mol. The van der Waals surface area contributed by atoms with Crippen LogP contribution in [0.2, 0.25) is 5.02 Å². The molecule has 0 aliphatic carbocycles. The Balaban J connectivity index is 1.51. The van der Waals surface area contributed by atoms with Gasteiger partial charge in [-0.15, -0.1) is 0 Å². The second-order valence-corrected chi connectivity index (χ2v) is 6.67. The first-order chi connectivity index (χ1) is 13.7. The molecule has 3 rings (SSSR count). The molecule has 0 radical (unpaired) electrons. The van der Waals surface area contributed by atoms with Crippen molar-refractivity contribution < 1.29 is 27.5 Å². The van der Waals surface area contributed by atoms with E-state index in [1.54, 1.807) is 6.20 Å². The molecule has 0 bridgehead atoms. The van der Waals surface area contributed by atoms with Gasteiger partial charge in [0.1, 0.15) is 0 Å². The zero-order chi connectivity index (χ0) is 21.0. The Morgan fingerprint density at radius 2 is 1.90 bits per heavy atom. The Morgan fingerprint density at radius 1 is 1.14 bits per heavy atom. The van der Waals surface area contributed by atoms with Crippen LogP contribution in [0, 0.1) is 0 Å². The number of alkyl halides is 3. The molecule has 2 N–H and O–H groups in total. The molecule has 3 aromatic rings. The number of aromatic amines is 1. The van der Waals surface area contributed by atoms with E-state index in [9.17, 15) is 22.8 Å². The van der Waals surface area contributed by atoms with Gasteiger partial charge in [0, 0.05) is 23.5 Å². The molecule has 1 aromatic heterocycles. The van der Waals surface area contributed by atoms with Crippen LogP contribution in [-0.2, 0) is 26.9 Å². The van der Waals surface area contributed by atoms with Crippen LogP contribution in [0.4, 0.5) is 18.9 Å². The number of carbonyl (C=O) groups is 2. The summed E-state index contributed by atoms with van der Waals surface area (Å²) in [5.41, 5.74) is 0.736. The number of para-hydroxylation sites is 1. The summed E-state index contributed by atoms with van der Waals surface area (Å²) in [5, 5.41) is 3.16. The average molecular weight is 425 g/mol. The highest BCUT2D eigenvalue weighted by molar-refractivity contribution is 6.33. The number of anilines is 1. The van der Waals surface area contributed by atoms with Crippen molar-refractivity contribution in [3.05, 3.63) is 64.8 Å². The van der Waals surface area contributed by atoms with Crippen molar-refractivity contribution >= 4 is 40.1 Å². The number of nitrogens with one attached hydrogen (secondary N) is 2. The number of hydrogen-bond acceptors (Lipinski definition) is 3. The van der Waals surface area contributed by atoms with Crippen LogP contribution in [0.15, 0.2) is 48.7 Å². The smallest absolute Gasteiger partial charge is 0.416 e. The molecule has 152 valence electrons. The molecular formula is C20H16ClF3N2O3. The van der Waals surface area contributed by atoms with Gasteiger partial charge in [0.2, 0.25) is 0 Å². The van der Waals surface area contributed by atoms with Crippen LogP contribution < -0.4 is 5.32 Å². The van der Waals surface area contributed by atoms with Gasteiger partial charge in [-0.05, 0) is 36.2 Å². The predicted octanol–water partition coefficient (Wildman–Crippen LogP) is 4.95. The van der Waals surface area contributed by atoms with Gasteiger partial charge < -0.3 is 15.0 Å². The third-order valence-corrected chi connectivity index (χ3v) is 4.53. The van der Waals surface area contributed by atoms with E-state index in [1.807, 2.05) is 24.3 Å². The second-order valence-electron chi connectivity index (χ2n) is 6.26. The largest absolute Gasteiger partial charge is 0.456 e. The van der Waals surface area contributed by atoms with Crippen molar-refractivity contribution in [2.24, 2.45) is 0 Å². The lowest BCUT2D eigenvalue weighted by Crippen LogP contribution is -2.21. The van der Waals surface area contributed by atoms with E-state index in [0.717, 1.165) is 34.7 Å². The van der Waals surface area contributed by atoms with Gasteiger partial charge in [0.15, 0.2) is 6.61 Å². The number of esters is 1. The molecule has 0 saturated heterocycles. The van der Waals surface area contributed by atoms with Crippen molar-refractivity contribution in [3.63, 3.8) is 0 Å². The highest BCUT2D eigenvalue weighted by Crippen LogP contribution is 2.33. The number of H-pyrrole nitrogens is 1. The minimum atomic E-state index is -4.57. The number of aromatic nitrogens is 1. The summed E-state index contributed by atoms with van der Waals surface area (Å²) in [4.78, 5) is 26.9. The Labute approximate surface area is 168 Å². The Morgan fingerprint density at radius 3 is 2.66 bits per heavy atom. The molecule has 0 saturated carbocycles. The molecule has 29 heavy (non-hydrogen) atoms. The summed E-state index contributed by atoms with van der Waals surface area (Å²) < 4.78 is 43.2. The van der Waals surface area contributed by atoms with Gasteiger partial charge in [0.25, 0.3) is 5.91 Å². The highest BCUT2D eigenvalue weighted by atomic mass is 35.5. The first kappa shape index (κ1) is 20.7. The number of ether oxygens (including phenoxy) is 1. The molecule has 0 unspecified atom stereocenters. The summed E-state index contributed by atoms with van der Waals surface area (Å²) in [6.07, 6.45) is -2.29. The van der Waals surface area contributed by atoms with Crippen molar-refractivity contribution in [1.29, 1.82) is 0 Å². The van der Waals surface area contributed by atoms with Crippen LogP contribution in [0.3, 0.4) is 0 Å². The highest BCUT2D eigenvalue weighted by Gasteiger charge is 2.31. The summed E-state index contributed by atoms with van der Waals surface area (Å²) in [7, 11) is 0. The number of carbonyl (C=O) groups excluding carboxylic acids is 2. The van der Waals surface area contributed by atoms with E-state index in [2.05, 4.69) is 10.3 Å². The first-order valence-corrected chi connectivity index (χ1v) is 8.99. The molecule has 1 heterocycles. The molecule has 0 aliphatic heterocycles. The van der Waals surface area contributed by atoms with Crippen LogP contribution in [0.1, 0.15) is 17.5 Å². The van der Waals surface area contributed by atoms with Gasteiger partial charge in [-0.3, -0.25) is 9.59 Å². The quantitative estimate of drug-likeness (QED) is 0.550. The maximum absolute atomic E-state index is 12.8. The van der Waals surface area contributed by atoms with E-state index in [0.29, 0.717) is 6.42 Å². The summed E-state index contributed by atoms with van der Waals surface area (Å²) >= 11 is 5.81. The molecule has 0 atom stereocenters. The maximum Gasteiger partial charge on any atom is 0.416 e. The zero-order valence-corrected chi connectivity index (χ0v) is 15.7. The SMILES string of the molecule is O=C(COC(=O)CCc1c[nH]c2ccccc12)Nc1cc(C(F)(F)F)ccc1Cl. The van der Waals surface area contributed by atoms with E-state index in [4.69, 9.17) is 16.3 Å². The average Bonchev–Trinajstić information content (AvgIpc) is 3.09. The number of halogens is 4. The van der Waals surface area contributed by atoms with E-state index in [1.165, 1.54) is 0 Å². The zero-order valence-electron chi connectivity index (χ0n) is 15.0. The van der Waals surface area contributed by atoms with Crippen molar-refractivity contribution in [2.45, 2.75) is 19.0 Å². The fourth-order valence-corrected chi connectivity index (χ4v) is 2.94. The minimum Gasteiger partial charge on any atom is -0.456 e. The lowest BCUT2D eigenvalue weighted by molar-refractivity contribution is -0.147. The number of rotatable bonds is 6. The third kappa shape index (κ3) is 5.29. The molecule has 0 aliphatic rings. The molecule has 5 nitrogen and oxygen atoms in total. The normalized spacial score (nSPS) is 11.4. The fourth-order valence-electron chi connectivity index (χ4n) is 2.78. The number of hydrogen-bond donors (Lipinski definition) is 2. The molecule has 9 heteroatoms. The van der Waals surface area contributed by atoms with E-state index in [-0.39, 0.29) is 17.1 Å². The molecule has 0 spiro atoms. The van der Waals surface area contributed by atoms with Crippen LogP contribution in [-0.4, -0.2) is 23.5 Å². The molecule has 2 aromatic carbocycles. The standard InChI is InChI=1S/C20H16ClF3N2O3/c21-15-7-6-13(20(22,23)24)9-17(15)26-18(27)11-29-19(28)8-5-12-10-25-16-4-2-1-3-14(12)16/h1-4,6-7,9-10,25H,5,8,11H2,(H,26,27). The molecule has 1 amide bonds. The van der Waals surface area contributed by atoms with Gasteiger partial charge in [0.05, 0.1) is 16.3 Å². The Kier molecular flexibility index (Phi) is 6.12. The van der Waals surface area contributed by atoms with Crippen molar-refractivity contribution in [3.8, 4) is 0 Å². The first-order valence-electron chi connectivity index (χ1n) is 8.61. The third-order valence-electron chi connectivity index (χ3n) is 4.21. The van der Waals surface area contributed by atoms with Crippen molar-refractivity contribution in [2.75, 3.05) is 11.9 Å². The fraction of sp³-hybridized carbons (Fsp3) is 0.200. The number of benzene rings is 2. The second kappa shape index (κ2) is 8.57. The van der Waals surface area contributed by atoms with Crippen LogP contribution in [0.5, 0.6) is 0 Å². The van der Waals surface area contributed by atoms with Crippen LogP contribution >= 0.6 is 11.6 Å². The van der Waals surface area contributed by atoms with Crippen molar-refractivity contribution in [1.82, 2.24) is 4.98 Å². The summed E-state index contributed by atoms with van der Waals surface area (Å²) in [5.74, 6) is -1.38. The topological polar surface area (TPSA) is 71.2 Å². The minimum absolute atomic E-state index is 0.0550. The van der Waals surface area contributed by atoms with Gasteiger partial charge in [-0.1, -0.05) is 29.8 Å². The van der Waals surface area contributed by atoms with Gasteiger partial charge in [-0.2, -0.15) is 13.2 Å². The summed E-state index contributed by atoms with van der Waals surface area (Å²) in [6, 6.07) is 10.2. The number of aryl methyl sites for hydroxylation is 1. The lowest BCUT2D eigenvalue weighted by atomic mass is 10.1. The number of fused-ring (bicyclic) bond motifs is 1. The monoisotopic (exact) mass is 424 g/mol. The molecular weight excluding hydrogens is 409 g/mol. The maximum atomic E-state index is 12.8. The van der Waals surface area contributed by atoms with Crippen LogP contribution in [0.25, 0.3) is 10.9 Å². The van der Waals surface area contributed by atoms with E-state index >= 15 is 0 Å². The summed E-state index contributed by atoms with van der Waals surface area (Å²) in [6.45, 7) is -0.626. The van der Waals surface area contributed by atoms with Gasteiger partial charge in [-0.25, -0.2) is 0 Å². The molecule has 0 fully saturated rings. The van der Waals surface area contributed by atoms with E-state index < -0.39 is 30.2 Å². The number of amides is 1.